The lowest BCUT2D eigenvalue weighted by Gasteiger charge is -2.13. The van der Waals surface area contributed by atoms with Crippen molar-refractivity contribution >= 4 is 11.8 Å². The number of hydrogen-bond donors (Lipinski definition) is 0. The quantitative estimate of drug-likeness (QED) is 0.515. The van der Waals surface area contributed by atoms with Crippen molar-refractivity contribution in [3.63, 3.8) is 0 Å². The minimum absolute atomic E-state index is 0.768. The van der Waals surface area contributed by atoms with Crippen molar-refractivity contribution in [1.29, 1.82) is 0 Å². The molecule has 0 saturated heterocycles. The van der Waals surface area contributed by atoms with E-state index in [4.69, 9.17) is 0 Å². The molecule has 1 heteroatoms. The topological polar surface area (TPSA) is 0 Å². The maximum Gasteiger partial charge on any atom is 0.0161 e. The van der Waals surface area contributed by atoms with Crippen LogP contribution in [0, 0.1) is 0 Å². The fourth-order valence-corrected chi connectivity index (χ4v) is 3.21. The molecule has 0 heterocycles. The van der Waals surface area contributed by atoms with Crippen molar-refractivity contribution in [2.24, 2.45) is 0 Å². The Morgan fingerprint density at radius 3 is 2.23 bits per heavy atom. The van der Waals surface area contributed by atoms with Gasteiger partial charge in [0.05, 0.1) is 0 Å². The Labute approximate surface area is 87.9 Å². The number of thioether (sulfide) groups is 1. The van der Waals surface area contributed by atoms with Gasteiger partial charge in [-0.05, 0) is 31.4 Å². The lowest BCUT2D eigenvalue weighted by molar-refractivity contribution is 0.682. The van der Waals surface area contributed by atoms with Crippen LogP contribution in [0.2, 0.25) is 0 Å². The van der Waals surface area contributed by atoms with E-state index in [2.05, 4.69) is 25.6 Å². The normalized spacial score (nSPS) is 18.9. The van der Waals surface area contributed by atoms with E-state index in [0.717, 1.165) is 4.75 Å². The van der Waals surface area contributed by atoms with Gasteiger partial charge in [0.1, 0.15) is 0 Å². The molecule has 0 bridgehead atoms. The van der Waals surface area contributed by atoms with E-state index in [1.807, 2.05) is 0 Å². The standard InChI is InChI=1S/C12H24S/c1-3-5-7-11-13-12(9-10-12)8-6-4-2/h3-11H2,1-2H3. The molecule has 0 aromatic heterocycles. The van der Waals surface area contributed by atoms with E-state index in [-0.39, 0.29) is 0 Å². The van der Waals surface area contributed by atoms with E-state index >= 15 is 0 Å². The van der Waals surface area contributed by atoms with E-state index in [9.17, 15) is 0 Å². The summed E-state index contributed by atoms with van der Waals surface area (Å²) in [7, 11) is 0. The van der Waals surface area contributed by atoms with Gasteiger partial charge in [-0.3, -0.25) is 0 Å². The molecule has 0 aromatic carbocycles. The molecule has 0 spiro atoms. The lowest BCUT2D eigenvalue weighted by atomic mass is 10.2. The maximum absolute atomic E-state index is 2.30. The largest absolute Gasteiger partial charge is 0.155 e. The second-order valence-corrected chi connectivity index (χ2v) is 5.91. The summed E-state index contributed by atoms with van der Waals surface area (Å²) in [5.41, 5.74) is 0. The smallest absolute Gasteiger partial charge is 0.0161 e. The molecular weight excluding hydrogens is 176 g/mol. The van der Waals surface area contributed by atoms with Crippen molar-refractivity contribution < 1.29 is 0 Å². The molecule has 1 rings (SSSR count). The highest BCUT2D eigenvalue weighted by Gasteiger charge is 2.41. The van der Waals surface area contributed by atoms with Crippen molar-refractivity contribution in [2.75, 3.05) is 5.75 Å². The monoisotopic (exact) mass is 200 g/mol. The van der Waals surface area contributed by atoms with Gasteiger partial charge >= 0.3 is 0 Å². The van der Waals surface area contributed by atoms with Crippen LogP contribution < -0.4 is 0 Å². The van der Waals surface area contributed by atoms with Gasteiger partial charge < -0.3 is 0 Å². The molecule has 1 saturated carbocycles. The molecule has 0 unspecified atom stereocenters. The third-order valence-corrected chi connectivity index (χ3v) is 4.67. The van der Waals surface area contributed by atoms with Gasteiger partial charge in [-0.15, -0.1) is 0 Å². The number of hydrogen-bond acceptors (Lipinski definition) is 1. The summed E-state index contributed by atoms with van der Waals surface area (Å²) < 4.78 is 0.768. The van der Waals surface area contributed by atoms with E-state index in [1.165, 1.54) is 57.1 Å². The molecule has 0 aromatic rings. The van der Waals surface area contributed by atoms with Crippen LogP contribution in [0.3, 0.4) is 0 Å². The first-order valence-corrected chi connectivity index (χ1v) is 6.95. The molecule has 78 valence electrons. The van der Waals surface area contributed by atoms with Gasteiger partial charge in [0.25, 0.3) is 0 Å². The maximum atomic E-state index is 2.30. The molecule has 0 nitrogen and oxygen atoms in total. The first-order chi connectivity index (χ1) is 6.33. The summed E-state index contributed by atoms with van der Waals surface area (Å²) >= 11 is 2.27. The summed E-state index contributed by atoms with van der Waals surface area (Å²) in [5, 5.41) is 0. The van der Waals surface area contributed by atoms with Crippen LogP contribution in [0.4, 0.5) is 0 Å². The molecule has 13 heavy (non-hydrogen) atoms. The number of unbranched alkanes of at least 4 members (excludes halogenated alkanes) is 3. The predicted molar refractivity (Wildman–Crippen MR) is 63.5 cm³/mol. The lowest BCUT2D eigenvalue weighted by Crippen LogP contribution is -2.03. The summed E-state index contributed by atoms with van der Waals surface area (Å²) in [6.07, 6.45) is 11.5. The molecule has 0 atom stereocenters. The highest BCUT2D eigenvalue weighted by Crippen LogP contribution is 2.52. The van der Waals surface area contributed by atoms with Gasteiger partial charge in [-0.2, -0.15) is 11.8 Å². The Hall–Kier alpha value is 0.350. The average Bonchev–Trinajstić information content (AvgIpc) is 2.91. The van der Waals surface area contributed by atoms with Crippen LogP contribution >= 0.6 is 11.8 Å². The first-order valence-electron chi connectivity index (χ1n) is 5.97. The third kappa shape index (κ3) is 4.39. The van der Waals surface area contributed by atoms with E-state index < -0.39 is 0 Å². The Kier molecular flexibility index (Phi) is 5.23. The zero-order valence-corrected chi connectivity index (χ0v) is 10.1. The van der Waals surface area contributed by atoms with Crippen LogP contribution in [-0.2, 0) is 0 Å². The highest BCUT2D eigenvalue weighted by molar-refractivity contribution is 8.00. The zero-order chi connectivity index (χ0) is 9.57. The van der Waals surface area contributed by atoms with Crippen molar-refractivity contribution in [3.8, 4) is 0 Å². The summed E-state index contributed by atoms with van der Waals surface area (Å²) in [6.45, 7) is 4.59. The highest BCUT2D eigenvalue weighted by atomic mass is 32.2. The molecule has 1 aliphatic rings. The summed E-state index contributed by atoms with van der Waals surface area (Å²) in [5.74, 6) is 1.41. The van der Waals surface area contributed by atoms with E-state index in [0.29, 0.717) is 0 Å². The van der Waals surface area contributed by atoms with Gasteiger partial charge in [-0.1, -0.05) is 39.5 Å². The second-order valence-electron chi connectivity index (χ2n) is 4.34. The van der Waals surface area contributed by atoms with E-state index in [1.54, 1.807) is 0 Å². The Balaban J connectivity index is 1.99. The SMILES string of the molecule is CCCCCSC1(CCCC)CC1. The molecule has 0 N–H and O–H groups in total. The van der Waals surface area contributed by atoms with Gasteiger partial charge in [0.15, 0.2) is 0 Å². The fraction of sp³-hybridized carbons (Fsp3) is 1.00. The molecular formula is C12H24S. The Morgan fingerprint density at radius 2 is 1.69 bits per heavy atom. The van der Waals surface area contributed by atoms with Crippen LogP contribution in [-0.4, -0.2) is 10.5 Å². The van der Waals surface area contributed by atoms with Gasteiger partial charge in [0.2, 0.25) is 0 Å². The Morgan fingerprint density at radius 1 is 1.00 bits per heavy atom. The second kappa shape index (κ2) is 5.95. The summed E-state index contributed by atoms with van der Waals surface area (Å²) in [6, 6.07) is 0. The molecule has 1 aliphatic carbocycles. The molecule has 0 aliphatic heterocycles. The van der Waals surface area contributed by atoms with Crippen LogP contribution in [0.25, 0.3) is 0 Å². The van der Waals surface area contributed by atoms with Gasteiger partial charge in [-0.25, -0.2) is 0 Å². The number of rotatable bonds is 8. The van der Waals surface area contributed by atoms with Crippen molar-refractivity contribution in [2.45, 2.75) is 70.0 Å². The first kappa shape index (κ1) is 11.4. The fourth-order valence-electron chi connectivity index (χ4n) is 1.75. The van der Waals surface area contributed by atoms with Crippen LogP contribution in [0.1, 0.15) is 65.2 Å². The van der Waals surface area contributed by atoms with Crippen molar-refractivity contribution in [3.05, 3.63) is 0 Å². The van der Waals surface area contributed by atoms with Crippen molar-refractivity contribution in [1.82, 2.24) is 0 Å². The Bertz CT molecular complexity index is 127. The molecule has 1 fully saturated rings. The third-order valence-electron chi connectivity index (χ3n) is 2.95. The predicted octanol–water partition coefficient (Wildman–Crippen LogP) is 4.63. The van der Waals surface area contributed by atoms with Crippen LogP contribution in [0.15, 0.2) is 0 Å². The zero-order valence-electron chi connectivity index (χ0n) is 9.27. The molecule has 0 amide bonds. The average molecular weight is 200 g/mol. The van der Waals surface area contributed by atoms with Gasteiger partial charge in [0, 0.05) is 4.75 Å². The minimum atomic E-state index is 0.768. The summed E-state index contributed by atoms with van der Waals surface area (Å²) in [4.78, 5) is 0. The minimum Gasteiger partial charge on any atom is -0.155 e. The van der Waals surface area contributed by atoms with Crippen LogP contribution in [0.5, 0.6) is 0 Å². The molecule has 0 radical (unpaired) electrons.